The van der Waals surface area contributed by atoms with E-state index < -0.39 is 6.04 Å². The molecule has 8 heteroatoms. The molecule has 1 aromatic heterocycles. The summed E-state index contributed by atoms with van der Waals surface area (Å²) >= 11 is 0. The van der Waals surface area contributed by atoms with Gasteiger partial charge in [0, 0.05) is 18.8 Å². The minimum atomic E-state index is -0.519. The number of aryl methyl sites for hydroxylation is 2. The van der Waals surface area contributed by atoms with Crippen molar-refractivity contribution in [3.8, 4) is 0 Å². The highest BCUT2D eigenvalue weighted by Crippen LogP contribution is 2.12. The fourth-order valence-corrected chi connectivity index (χ4v) is 3.27. The molecule has 1 saturated heterocycles. The lowest BCUT2D eigenvalue weighted by Gasteiger charge is -2.34. The average Bonchev–Trinajstić information content (AvgIpc) is 2.92. The average molecular weight is 415 g/mol. The van der Waals surface area contributed by atoms with E-state index in [1.165, 1.54) is 0 Å². The molecule has 2 heterocycles. The molecule has 1 amide bonds. The summed E-state index contributed by atoms with van der Waals surface area (Å²) in [6.45, 7) is 6.34. The van der Waals surface area contributed by atoms with Gasteiger partial charge in [0.15, 0.2) is 0 Å². The van der Waals surface area contributed by atoms with Crippen molar-refractivity contribution in [2.24, 2.45) is 5.73 Å². The van der Waals surface area contributed by atoms with Gasteiger partial charge in [-0.2, -0.15) is 5.10 Å². The van der Waals surface area contributed by atoms with Crippen LogP contribution in [0.3, 0.4) is 0 Å². The van der Waals surface area contributed by atoms with E-state index in [2.05, 4.69) is 5.10 Å². The maximum atomic E-state index is 12.7. The molecular weight excluding hydrogens is 387 g/mol. The van der Waals surface area contributed by atoms with Gasteiger partial charge in [-0.15, -0.1) is 24.8 Å². The van der Waals surface area contributed by atoms with E-state index in [9.17, 15) is 4.79 Å². The Morgan fingerprint density at radius 3 is 2.63 bits per heavy atom. The van der Waals surface area contributed by atoms with Crippen LogP contribution in [0.5, 0.6) is 0 Å². The van der Waals surface area contributed by atoms with Crippen LogP contribution in [0.15, 0.2) is 36.4 Å². The third-order valence-corrected chi connectivity index (χ3v) is 4.55. The van der Waals surface area contributed by atoms with Crippen molar-refractivity contribution in [3.05, 3.63) is 53.3 Å². The lowest BCUT2D eigenvalue weighted by molar-refractivity contribution is -0.140. The molecule has 0 aliphatic carbocycles. The van der Waals surface area contributed by atoms with Crippen LogP contribution in [0.1, 0.15) is 17.0 Å². The fraction of sp³-hybridized carbons (Fsp3) is 0.474. The molecule has 1 aromatic carbocycles. The Morgan fingerprint density at radius 2 is 2.00 bits per heavy atom. The molecule has 0 saturated carbocycles. The Morgan fingerprint density at radius 1 is 1.30 bits per heavy atom. The molecule has 1 aliphatic heterocycles. The lowest BCUT2D eigenvalue weighted by Crippen LogP contribution is -2.52. The maximum absolute atomic E-state index is 12.7. The largest absolute Gasteiger partial charge is 0.373 e. The second-order valence-electron chi connectivity index (χ2n) is 6.68. The number of carbonyl (C=O) groups is 1. The molecule has 2 N–H and O–H groups in total. The van der Waals surface area contributed by atoms with E-state index >= 15 is 0 Å². The molecule has 0 bridgehead atoms. The molecule has 150 valence electrons. The summed E-state index contributed by atoms with van der Waals surface area (Å²) in [7, 11) is 0. The van der Waals surface area contributed by atoms with Crippen LogP contribution in [0.2, 0.25) is 0 Å². The number of halogens is 2. The van der Waals surface area contributed by atoms with Gasteiger partial charge >= 0.3 is 0 Å². The van der Waals surface area contributed by atoms with Crippen molar-refractivity contribution in [1.29, 1.82) is 0 Å². The molecule has 6 nitrogen and oxygen atoms in total. The van der Waals surface area contributed by atoms with Crippen molar-refractivity contribution in [3.63, 3.8) is 0 Å². The van der Waals surface area contributed by atoms with Crippen molar-refractivity contribution in [2.45, 2.75) is 39.0 Å². The molecular formula is C19H28Cl2N4O2. The van der Waals surface area contributed by atoms with Crippen LogP contribution in [-0.4, -0.2) is 52.4 Å². The fourth-order valence-electron chi connectivity index (χ4n) is 3.27. The Bertz CT molecular complexity index is 724. The number of ether oxygens (including phenoxy) is 1. The maximum Gasteiger partial charge on any atom is 0.239 e. The van der Waals surface area contributed by atoms with Gasteiger partial charge in [0.1, 0.15) is 0 Å². The zero-order valence-electron chi connectivity index (χ0n) is 15.7. The van der Waals surface area contributed by atoms with E-state index in [0.29, 0.717) is 32.7 Å². The van der Waals surface area contributed by atoms with E-state index in [0.717, 1.165) is 17.0 Å². The Kier molecular flexibility index (Phi) is 9.26. The van der Waals surface area contributed by atoms with E-state index in [1.54, 1.807) is 0 Å². The molecule has 2 aromatic rings. The normalized spacial score (nSPS) is 17.6. The number of carbonyl (C=O) groups excluding carboxylic acids is 1. The number of amides is 1. The Hall–Kier alpha value is -1.60. The quantitative estimate of drug-likeness (QED) is 0.812. The minimum absolute atomic E-state index is 0. The van der Waals surface area contributed by atoms with Crippen LogP contribution in [0.25, 0.3) is 0 Å². The van der Waals surface area contributed by atoms with Gasteiger partial charge in [0.25, 0.3) is 0 Å². The number of rotatable bonds is 5. The molecule has 1 aliphatic rings. The first-order chi connectivity index (χ1) is 12.0. The number of hydrogen-bond donors (Lipinski definition) is 1. The van der Waals surface area contributed by atoms with Crippen LogP contribution in [-0.2, 0) is 22.5 Å². The summed E-state index contributed by atoms with van der Waals surface area (Å²) < 4.78 is 7.77. The molecule has 2 unspecified atom stereocenters. The van der Waals surface area contributed by atoms with Crippen molar-refractivity contribution >= 4 is 30.7 Å². The monoisotopic (exact) mass is 414 g/mol. The van der Waals surface area contributed by atoms with Crippen LogP contribution >= 0.6 is 24.8 Å². The highest BCUT2D eigenvalue weighted by Gasteiger charge is 2.28. The minimum Gasteiger partial charge on any atom is -0.373 e. The number of morpholine rings is 1. The van der Waals surface area contributed by atoms with E-state index in [4.69, 9.17) is 10.5 Å². The zero-order chi connectivity index (χ0) is 17.8. The van der Waals surface area contributed by atoms with Gasteiger partial charge in [-0.3, -0.25) is 9.48 Å². The SMILES string of the molecule is Cc1cc(C)n(CC2CN(C(=O)C(N)Cc3ccccc3)CCO2)n1.Cl.Cl. The first kappa shape index (κ1) is 23.4. The summed E-state index contributed by atoms with van der Waals surface area (Å²) in [5, 5.41) is 4.47. The first-order valence-electron chi connectivity index (χ1n) is 8.74. The Balaban J connectivity index is 0.00000182. The second kappa shape index (κ2) is 10.7. The van der Waals surface area contributed by atoms with E-state index in [-0.39, 0.29) is 36.8 Å². The van der Waals surface area contributed by atoms with Crippen LogP contribution in [0.4, 0.5) is 0 Å². The van der Waals surface area contributed by atoms with Crippen molar-refractivity contribution < 1.29 is 9.53 Å². The lowest BCUT2D eigenvalue weighted by atomic mass is 10.1. The Labute approximate surface area is 172 Å². The second-order valence-corrected chi connectivity index (χ2v) is 6.68. The predicted molar refractivity (Wildman–Crippen MR) is 111 cm³/mol. The van der Waals surface area contributed by atoms with Gasteiger partial charge in [0.05, 0.1) is 31.0 Å². The molecule has 1 fully saturated rings. The third-order valence-electron chi connectivity index (χ3n) is 4.55. The van der Waals surface area contributed by atoms with E-state index in [1.807, 2.05) is 59.8 Å². The van der Waals surface area contributed by atoms with Gasteiger partial charge in [-0.05, 0) is 31.9 Å². The molecule has 0 radical (unpaired) electrons. The van der Waals surface area contributed by atoms with Crippen LogP contribution < -0.4 is 5.73 Å². The molecule has 0 spiro atoms. The topological polar surface area (TPSA) is 73.4 Å². The first-order valence-corrected chi connectivity index (χ1v) is 8.74. The number of hydrogen-bond acceptors (Lipinski definition) is 4. The highest BCUT2D eigenvalue weighted by atomic mass is 35.5. The van der Waals surface area contributed by atoms with Crippen molar-refractivity contribution in [1.82, 2.24) is 14.7 Å². The summed E-state index contributed by atoms with van der Waals surface area (Å²) in [4.78, 5) is 14.5. The summed E-state index contributed by atoms with van der Waals surface area (Å²) in [5.74, 6) is -0.00878. The summed E-state index contributed by atoms with van der Waals surface area (Å²) in [5.41, 5.74) is 9.33. The highest BCUT2D eigenvalue weighted by molar-refractivity contribution is 5.85. The number of nitrogens with zero attached hydrogens (tertiary/aromatic N) is 3. The number of nitrogens with two attached hydrogens (primary N) is 1. The standard InChI is InChI=1S/C19H26N4O2.2ClH/c1-14-10-15(2)23(21-14)13-17-12-22(8-9-25-17)19(24)18(20)11-16-6-4-3-5-7-16;;/h3-7,10,17-18H,8-9,11-13,20H2,1-2H3;2*1H. The van der Waals surface area contributed by atoms with Gasteiger partial charge in [-0.25, -0.2) is 0 Å². The third kappa shape index (κ3) is 6.21. The number of aromatic nitrogens is 2. The summed E-state index contributed by atoms with van der Waals surface area (Å²) in [6, 6.07) is 11.4. The van der Waals surface area contributed by atoms with Gasteiger partial charge in [0.2, 0.25) is 5.91 Å². The molecule has 3 rings (SSSR count). The predicted octanol–water partition coefficient (Wildman–Crippen LogP) is 2.14. The molecule has 2 atom stereocenters. The zero-order valence-corrected chi connectivity index (χ0v) is 17.3. The van der Waals surface area contributed by atoms with Gasteiger partial charge in [-0.1, -0.05) is 30.3 Å². The molecule has 27 heavy (non-hydrogen) atoms. The van der Waals surface area contributed by atoms with Crippen LogP contribution in [0, 0.1) is 13.8 Å². The van der Waals surface area contributed by atoms with Crippen molar-refractivity contribution in [2.75, 3.05) is 19.7 Å². The van der Waals surface area contributed by atoms with Gasteiger partial charge < -0.3 is 15.4 Å². The summed E-state index contributed by atoms with van der Waals surface area (Å²) in [6.07, 6.45) is 0.499. The smallest absolute Gasteiger partial charge is 0.239 e. The number of benzene rings is 1.